The monoisotopic (exact) mass is 434 g/mol. The van der Waals surface area contributed by atoms with Gasteiger partial charge in [0.1, 0.15) is 0 Å². The first-order chi connectivity index (χ1) is 14.9. The van der Waals surface area contributed by atoms with Crippen molar-refractivity contribution in [3.63, 3.8) is 0 Å². The quantitative estimate of drug-likeness (QED) is 0.577. The highest BCUT2D eigenvalue weighted by Crippen LogP contribution is 2.25. The molecule has 31 heavy (non-hydrogen) atoms. The van der Waals surface area contributed by atoms with Crippen LogP contribution in [0.25, 0.3) is 0 Å². The van der Waals surface area contributed by atoms with Crippen LogP contribution in [0, 0.1) is 0 Å². The number of carbonyl (C=O) groups excluding carboxylic acids is 3. The molecule has 158 valence electrons. The van der Waals surface area contributed by atoms with Crippen LogP contribution in [0.15, 0.2) is 53.9 Å². The molecule has 0 spiro atoms. The SMILES string of the molecule is CN(C)Cc1csc(NC(=O)c2ccc3c(c2)C(=O)N(CCc2ccccc2)C3=O)n1. The number of thiazole rings is 1. The van der Waals surface area contributed by atoms with Crippen molar-refractivity contribution in [1.82, 2.24) is 14.8 Å². The molecule has 0 unspecified atom stereocenters. The lowest BCUT2D eigenvalue weighted by Crippen LogP contribution is -2.31. The lowest BCUT2D eigenvalue weighted by Gasteiger charge is -2.13. The minimum absolute atomic E-state index is 0.262. The fourth-order valence-corrected chi connectivity index (χ4v) is 4.15. The van der Waals surface area contributed by atoms with E-state index in [1.165, 1.54) is 22.3 Å². The number of benzene rings is 2. The predicted molar refractivity (Wildman–Crippen MR) is 119 cm³/mol. The summed E-state index contributed by atoms with van der Waals surface area (Å²) in [7, 11) is 3.90. The summed E-state index contributed by atoms with van der Waals surface area (Å²) in [6.07, 6.45) is 0.582. The first-order valence-corrected chi connectivity index (χ1v) is 10.7. The van der Waals surface area contributed by atoms with Crippen molar-refractivity contribution in [2.24, 2.45) is 0 Å². The van der Waals surface area contributed by atoms with Gasteiger partial charge in [0.15, 0.2) is 5.13 Å². The summed E-state index contributed by atoms with van der Waals surface area (Å²) in [5, 5.41) is 5.16. The van der Waals surface area contributed by atoms with Crippen LogP contribution in [0.4, 0.5) is 5.13 Å². The molecular formula is C23H22N4O3S. The summed E-state index contributed by atoms with van der Waals surface area (Å²) in [6, 6.07) is 14.3. The smallest absolute Gasteiger partial charge is 0.261 e. The summed E-state index contributed by atoms with van der Waals surface area (Å²) >= 11 is 1.35. The average Bonchev–Trinajstić information content (AvgIpc) is 3.28. The van der Waals surface area contributed by atoms with Crippen molar-refractivity contribution in [2.45, 2.75) is 13.0 Å². The Balaban J connectivity index is 1.46. The minimum atomic E-state index is -0.368. The van der Waals surface area contributed by atoms with Crippen LogP contribution in [0.3, 0.4) is 0 Å². The van der Waals surface area contributed by atoms with E-state index in [-0.39, 0.29) is 23.3 Å². The van der Waals surface area contributed by atoms with Gasteiger partial charge >= 0.3 is 0 Å². The molecule has 3 amide bonds. The zero-order valence-electron chi connectivity index (χ0n) is 17.3. The number of anilines is 1. The molecule has 3 aromatic rings. The Hall–Kier alpha value is -3.36. The highest BCUT2D eigenvalue weighted by molar-refractivity contribution is 7.14. The molecule has 1 aliphatic heterocycles. The molecule has 1 aliphatic rings. The molecule has 0 fully saturated rings. The standard InChI is InChI=1S/C23H22N4O3S/c1-26(2)13-17-14-31-23(24-17)25-20(28)16-8-9-18-19(12-16)22(30)27(21(18)29)11-10-15-6-4-3-5-7-15/h3-9,12,14H,10-11,13H2,1-2H3,(H,24,25,28). The number of imide groups is 1. The zero-order valence-corrected chi connectivity index (χ0v) is 18.1. The highest BCUT2D eigenvalue weighted by atomic mass is 32.1. The van der Waals surface area contributed by atoms with E-state index in [1.807, 2.05) is 54.7 Å². The Morgan fingerprint density at radius 1 is 1.06 bits per heavy atom. The topological polar surface area (TPSA) is 82.6 Å². The summed E-state index contributed by atoms with van der Waals surface area (Å²) < 4.78 is 0. The maximum absolute atomic E-state index is 12.8. The molecule has 0 saturated carbocycles. The number of aromatic nitrogens is 1. The largest absolute Gasteiger partial charge is 0.304 e. The van der Waals surface area contributed by atoms with Gasteiger partial charge in [-0.25, -0.2) is 4.98 Å². The molecule has 0 radical (unpaired) electrons. The molecule has 1 aromatic heterocycles. The molecule has 2 heterocycles. The second-order valence-corrected chi connectivity index (χ2v) is 8.45. The van der Waals surface area contributed by atoms with E-state index in [1.54, 1.807) is 12.1 Å². The number of nitrogens with one attached hydrogen (secondary N) is 1. The fourth-order valence-electron chi connectivity index (χ4n) is 3.45. The van der Waals surface area contributed by atoms with Crippen molar-refractivity contribution < 1.29 is 14.4 Å². The van der Waals surface area contributed by atoms with E-state index in [9.17, 15) is 14.4 Å². The van der Waals surface area contributed by atoms with Crippen molar-refractivity contribution >= 4 is 34.2 Å². The molecule has 4 rings (SSSR count). The first-order valence-electron chi connectivity index (χ1n) is 9.87. The molecular weight excluding hydrogens is 412 g/mol. The number of hydrogen-bond acceptors (Lipinski definition) is 6. The lowest BCUT2D eigenvalue weighted by atomic mass is 10.1. The van der Waals surface area contributed by atoms with Gasteiger partial charge in [-0.15, -0.1) is 11.3 Å². The van der Waals surface area contributed by atoms with Crippen molar-refractivity contribution in [2.75, 3.05) is 26.0 Å². The van der Waals surface area contributed by atoms with Gasteiger partial charge < -0.3 is 4.90 Å². The van der Waals surface area contributed by atoms with Crippen molar-refractivity contribution in [3.8, 4) is 0 Å². The van der Waals surface area contributed by atoms with Gasteiger partial charge in [-0.05, 0) is 44.3 Å². The first kappa shape index (κ1) is 20.9. The van der Waals surface area contributed by atoms with Crippen LogP contribution in [-0.4, -0.2) is 53.1 Å². The number of rotatable bonds is 7. The lowest BCUT2D eigenvalue weighted by molar-refractivity contribution is 0.0656. The Morgan fingerprint density at radius 3 is 2.55 bits per heavy atom. The maximum Gasteiger partial charge on any atom is 0.261 e. The maximum atomic E-state index is 12.8. The normalized spacial score (nSPS) is 13.1. The van der Waals surface area contributed by atoms with E-state index in [4.69, 9.17) is 0 Å². The van der Waals surface area contributed by atoms with Gasteiger partial charge in [0.05, 0.1) is 16.8 Å². The second kappa shape index (κ2) is 8.79. The average molecular weight is 435 g/mol. The number of fused-ring (bicyclic) bond motifs is 1. The number of hydrogen-bond donors (Lipinski definition) is 1. The third kappa shape index (κ3) is 4.55. The summed E-state index contributed by atoms with van der Waals surface area (Å²) in [5.74, 6) is -1.05. The van der Waals surface area contributed by atoms with Crippen LogP contribution in [0.1, 0.15) is 42.3 Å². The second-order valence-electron chi connectivity index (χ2n) is 7.59. The summed E-state index contributed by atoms with van der Waals surface area (Å²) in [5.41, 5.74) is 2.83. The summed E-state index contributed by atoms with van der Waals surface area (Å²) in [6.45, 7) is 0.978. The van der Waals surface area contributed by atoms with Gasteiger partial charge in [0, 0.05) is 24.0 Å². The fraction of sp³-hybridized carbons (Fsp3) is 0.217. The minimum Gasteiger partial charge on any atom is -0.304 e. The van der Waals surface area contributed by atoms with E-state index < -0.39 is 0 Å². The summed E-state index contributed by atoms with van der Waals surface area (Å²) in [4.78, 5) is 45.8. The third-order valence-electron chi connectivity index (χ3n) is 4.95. The van der Waals surface area contributed by atoms with Crippen LogP contribution < -0.4 is 5.32 Å². The van der Waals surface area contributed by atoms with Gasteiger partial charge in [-0.2, -0.15) is 0 Å². The molecule has 0 bridgehead atoms. The molecule has 0 saturated heterocycles. The molecule has 7 nitrogen and oxygen atoms in total. The van der Waals surface area contributed by atoms with Gasteiger partial charge in [-0.1, -0.05) is 30.3 Å². The van der Waals surface area contributed by atoms with Crippen molar-refractivity contribution in [3.05, 3.63) is 81.9 Å². The van der Waals surface area contributed by atoms with Crippen LogP contribution in [-0.2, 0) is 13.0 Å². The Kier molecular flexibility index (Phi) is 5.92. The van der Waals surface area contributed by atoms with E-state index in [0.29, 0.717) is 35.8 Å². The zero-order chi connectivity index (χ0) is 22.0. The van der Waals surface area contributed by atoms with E-state index in [0.717, 1.165) is 11.3 Å². The van der Waals surface area contributed by atoms with Gasteiger partial charge in [0.2, 0.25) is 0 Å². The molecule has 0 aliphatic carbocycles. The number of amides is 3. The predicted octanol–water partition coefficient (Wildman–Crippen LogP) is 3.30. The molecule has 1 N–H and O–H groups in total. The Bertz CT molecular complexity index is 1140. The van der Waals surface area contributed by atoms with Gasteiger partial charge in [-0.3, -0.25) is 24.6 Å². The molecule has 8 heteroatoms. The number of carbonyl (C=O) groups is 3. The number of nitrogens with zero attached hydrogens (tertiary/aromatic N) is 3. The Morgan fingerprint density at radius 2 is 1.81 bits per heavy atom. The van der Waals surface area contributed by atoms with Crippen LogP contribution in [0.5, 0.6) is 0 Å². The van der Waals surface area contributed by atoms with Gasteiger partial charge in [0.25, 0.3) is 17.7 Å². The molecule has 2 aromatic carbocycles. The van der Waals surface area contributed by atoms with Crippen LogP contribution >= 0.6 is 11.3 Å². The van der Waals surface area contributed by atoms with E-state index >= 15 is 0 Å². The Labute approximate surface area is 184 Å². The molecule has 0 atom stereocenters. The highest BCUT2D eigenvalue weighted by Gasteiger charge is 2.35. The van der Waals surface area contributed by atoms with Crippen LogP contribution in [0.2, 0.25) is 0 Å². The van der Waals surface area contributed by atoms with E-state index in [2.05, 4.69) is 10.3 Å². The van der Waals surface area contributed by atoms with Crippen molar-refractivity contribution in [1.29, 1.82) is 0 Å². The third-order valence-corrected chi connectivity index (χ3v) is 5.76.